The molecule has 1 atom stereocenters. The number of aryl methyl sites for hydroxylation is 1. The molecule has 0 bridgehead atoms. The lowest BCUT2D eigenvalue weighted by Gasteiger charge is -2.24. The average Bonchev–Trinajstić information content (AvgIpc) is 3.16. The van der Waals surface area contributed by atoms with Crippen molar-refractivity contribution in [3.8, 4) is 0 Å². The molecule has 1 aromatic carbocycles. The Bertz CT molecular complexity index is 744. The molecule has 3 rings (SSSR count). The van der Waals surface area contributed by atoms with Crippen molar-refractivity contribution in [2.45, 2.75) is 25.8 Å². The van der Waals surface area contributed by atoms with Crippen LogP contribution < -0.4 is 5.32 Å². The number of nitrogens with zero attached hydrogens (tertiary/aromatic N) is 2. The van der Waals surface area contributed by atoms with Gasteiger partial charge in [0.05, 0.1) is 5.56 Å². The first-order valence-corrected chi connectivity index (χ1v) is 8.15. The fraction of sp³-hybridized carbons (Fsp3) is 0.312. The second kappa shape index (κ2) is 6.54. The number of carbonyl (C=O) groups is 2. The summed E-state index contributed by atoms with van der Waals surface area (Å²) in [5, 5.41) is 6.46. The Balaban J connectivity index is 1.76. The van der Waals surface area contributed by atoms with Crippen LogP contribution in [0.4, 0.5) is 5.82 Å². The number of benzene rings is 1. The van der Waals surface area contributed by atoms with Gasteiger partial charge in [-0.2, -0.15) is 0 Å². The summed E-state index contributed by atoms with van der Waals surface area (Å²) in [4.78, 5) is 26.8. The van der Waals surface area contributed by atoms with Gasteiger partial charge in [0.2, 0.25) is 5.91 Å². The quantitative estimate of drug-likeness (QED) is 0.891. The van der Waals surface area contributed by atoms with E-state index >= 15 is 0 Å². The predicted octanol–water partition coefficient (Wildman–Crippen LogP) is 2.99. The van der Waals surface area contributed by atoms with Crippen LogP contribution >= 0.6 is 15.9 Å². The molecule has 0 unspecified atom stereocenters. The summed E-state index contributed by atoms with van der Waals surface area (Å²) >= 11 is 3.39. The van der Waals surface area contributed by atoms with Gasteiger partial charge < -0.3 is 14.7 Å². The lowest BCUT2D eigenvalue weighted by atomic mass is 10.1. The number of hydrogen-bond donors (Lipinski definition) is 1. The predicted molar refractivity (Wildman–Crippen MR) is 88.1 cm³/mol. The number of rotatable bonds is 3. The third kappa shape index (κ3) is 3.29. The summed E-state index contributed by atoms with van der Waals surface area (Å²) in [5.41, 5.74) is 0.560. The second-order valence-electron chi connectivity index (χ2n) is 5.45. The summed E-state index contributed by atoms with van der Waals surface area (Å²) in [6, 6.07) is 8.37. The Labute approximate surface area is 142 Å². The van der Waals surface area contributed by atoms with Crippen LogP contribution in [0.15, 0.2) is 39.3 Å². The molecule has 120 valence electrons. The molecule has 0 aliphatic carbocycles. The second-order valence-corrected chi connectivity index (χ2v) is 6.30. The number of aromatic nitrogens is 1. The van der Waals surface area contributed by atoms with Crippen molar-refractivity contribution in [1.29, 1.82) is 0 Å². The van der Waals surface area contributed by atoms with Gasteiger partial charge in [0, 0.05) is 17.1 Å². The molecule has 1 aromatic heterocycles. The van der Waals surface area contributed by atoms with Gasteiger partial charge >= 0.3 is 0 Å². The van der Waals surface area contributed by atoms with E-state index in [1.807, 2.05) is 12.1 Å². The molecule has 1 saturated heterocycles. The maximum Gasteiger partial charge on any atom is 0.255 e. The van der Waals surface area contributed by atoms with Crippen LogP contribution in [0, 0.1) is 6.92 Å². The summed E-state index contributed by atoms with van der Waals surface area (Å²) in [6.07, 6.45) is 1.44. The Hall–Kier alpha value is -2.15. The molecule has 0 spiro atoms. The summed E-state index contributed by atoms with van der Waals surface area (Å²) in [7, 11) is 0. The van der Waals surface area contributed by atoms with Crippen molar-refractivity contribution < 1.29 is 14.1 Å². The summed E-state index contributed by atoms with van der Waals surface area (Å²) in [6.45, 7) is 2.32. The number of carbonyl (C=O) groups excluding carboxylic acids is 2. The molecule has 6 nitrogen and oxygen atoms in total. The van der Waals surface area contributed by atoms with E-state index in [0.717, 1.165) is 10.9 Å². The molecule has 0 saturated carbocycles. The van der Waals surface area contributed by atoms with Crippen LogP contribution in [0.2, 0.25) is 0 Å². The van der Waals surface area contributed by atoms with E-state index in [9.17, 15) is 9.59 Å². The molecular weight excluding hydrogens is 362 g/mol. The highest BCUT2D eigenvalue weighted by atomic mass is 79.9. The third-order valence-electron chi connectivity index (χ3n) is 3.80. The largest absolute Gasteiger partial charge is 0.360 e. The zero-order valence-corrected chi connectivity index (χ0v) is 14.2. The highest BCUT2D eigenvalue weighted by molar-refractivity contribution is 9.10. The Morgan fingerprint density at radius 1 is 1.39 bits per heavy atom. The van der Waals surface area contributed by atoms with E-state index in [2.05, 4.69) is 26.4 Å². The zero-order chi connectivity index (χ0) is 16.4. The van der Waals surface area contributed by atoms with Gasteiger partial charge in [-0.05, 0) is 47.8 Å². The third-order valence-corrected chi connectivity index (χ3v) is 4.49. The molecule has 0 radical (unpaired) electrons. The van der Waals surface area contributed by atoms with Gasteiger partial charge in [0.25, 0.3) is 5.91 Å². The highest BCUT2D eigenvalue weighted by Gasteiger charge is 2.35. The van der Waals surface area contributed by atoms with E-state index in [1.54, 1.807) is 30.0 Å². The zero-order valence-electron chi connectivity index (χ0n) is 12.6. The fourth-order valence-electron chi connectivity index (χ4n) is 2.71. The van der Waals surface area contributed by atoms with Crippen LogP contribution in [0.25, 0.3) is 0 Å². The van der Waals surface area contributed by atoms with E-state index in [-0.39, 0.29) is 11.8 Å². The number of nitrogens with one attached hydrogen (secondary N) is 1. The molecule has 7 heteroatoms. The standard InChI is InChI=1S/C16H16BrN3O3/c1-10-9-14(19-23-10)18-15(21)13-7-4-8-20(13)16(22)11-5-2-3-6-12(11)17/h2-3,5-6,9,13H,4,7-8H2,1H3,(H,18,19,21)/t13-/m0/s1. The molecule has 2 heterocycles. The van der Waals surface area contributed by atoms with Crippen LogP contribution in [0.3, 0.4) is 0 Å². The van der Waals surface area contributed by atoms with Crippen LogP contribution in [0.1, 0.15) is 29.0 Å². The molecule has 2 amide bonds. The van der Waals surface area contributed by atoms with E-state index in [0.29, 0.717) is 30.1 Å². The molecule has 1 fully saturated rings. The smallest absolute Gasteiger partial charge is 0.255 e. The fourth-order valence-corrected chi connectivity index (χ4v) is 3.16. The number of halogens is 1. The van der Waals surface area contributed by atoms with Crippen molar-refractivity contribution in [3.05, 3.63) is 46.1 Å². The molecular formula is C16H16BrN3O3. The normalized spacial score (nSPS) is 17.3. The van der Waals surface area contributed by atoms with E-state index in [1.165, 1.54) is 0 Å². The van der Waals surface area contributed by atoms with E-state index < -0.39 is 6.04 Å². The average molecular weight is 378 g/mol. The number of likely N-dealkylation sites (tertiary alicyclic amines) is 1. The minimum absolute atomic E-state index is 0.147. The van der Waals surface area contributed by atoms with Crippen molar-refractivity contribution in [2.24, 2.45) is 0 Å². The highest BCUT2D eigenvalue weighted by Crippen LogP contribution is 2.25. The maximum atomic E-state index is 12.7. The maximum absolute atomic E-state index is 12.7. The van der Waals surface area contributed by atoms with Gasteiger partial charge in [-0.15, -0.1) is 0 Å². The van der Waals surface area contributed by atoms with Crippen LogP contribution in [0.5, 0.6) is 0 Å². The Kier molecular flexibility index (Phi) is 4.47. The van der Waals surface area contributed by atoms with Gasteiger partial charge in [-0.3, -0.25) is 9.59 Å². The Morgan fingerprint density at radius 3 is 2.87 bits per heavy atom. The van der Waals surface area contributed by atoms with Crippen molar-refractivity contribution in [1.82, 2.24) is 10.1 Å². The van der Waals surface area contributed by atoms with Gasteiger partial charge in [0.15, 0.2) is 5.82 Å². The lowest BCUT2D eigenvalue weighted by molar-refractivity contribution is -0.119. The van der Waals surface area contributed by atoms with Gasteiger partial charge in [0.1, 0.15) is 11.8 Å². The minimum Gasteiger partial charge on any atom is -0.360 e. The van der Waals surface area contributed by atoms with Crippen LogP contribution in [-0.4, -0.2) is 34.5 Å². The number of anilines is 1. The topological polar surface area (TPSA) is 75.4 Å². The lowest BCUT2D eigenvalue weighted by Crippen LogP contribution is -2.43. The molecule has 23 heavy (non-hydrogen) atoms. The molecule has 1 aliphatic heterocycles. The molecule has 2 aromatic rings. The van der Waals surface area contributed by atoms with Crippen LogP contribution in [-0.2, 0) is 4.79 Å². The minimum atomic E-state index is -0.494. The number of amides is 2. The molecule has 1 N–H and O–H groups in total. The van der Waals surface area contributed by atoms with Gasteiger partial charge in [-0.25, -0.2) is 0 Å². The first kappa shape index (κ1) is 15.7. The van der Waals surface area contributed by atoms with Crippen molar-refractivity contribution >= 4 is 33.6 Å². The SMILES string of the molecule is Cc1cc(NC(=O)[C@@H]2CCCN2C(=O)c2ccccc2Br)no1. The summed E-state index contributed by atoms with van der Waals surface area (Å²) < 4.78 is 5.66. The Morgan fingerprint density at radius 2 is 2.17 bits per heavy atom. The first-order valence-electron chi connectivity index (χ1n) is 7.36. The number of hydrogen-bond acceptors (Lipinski definition) is 4. The van der Waals surface area contributed by atoms with Gasteiger partial charge in [-0.1, -0.05) is 17.3 Å². The first-order chi connectivity index (χ1) is 11.1. The van der Waals surface area contributed by atoms with Crippen molar-refractivity contribution in [3.63, 3.8) is 0 Å². The van der Waals surface area contributed by atoms with E-state index in [4.69, 9.17) is 4.52 Å². The van der Waals surface area contributed by atoms with Crippen molar-refractivity contribution in [2.75, 3.05) is 11.9 Å². The summed E-state index contributed by atoms with van der Waals surface area (Å²) in [5.74, 6) is 0.600. The molecule has 1 aliphatic rings. The monoisotopic (exact) mass is 377 g/mol.